The zero-order chi connectivity index (χ0) is 39.8. The van der Waals surface area contributed by atoms with E-state index in [-0.39, 0.29) is 86.3 Å². The first-order valence-corrected chi connectivity index (χ1v) is 17.6. The van der Waals surface area contributed by atoms with Crippen LogP contribution in [0.3, 0.4) is 0 Å². The minimum Gasteiger partial charge on any atom is -1.00 e. The molecule has 0 bridgehead atoms. The number of carboxylic acids is 5. The van der Waals surface area contributed by atoms with Crippen LogP contribution < -0.4 is 58.0 Å². The summed E-state index contributed by atoms with van der Waals surface area (Å²) in [6.45, 7) is -2.72. The average molecular weight is 1130 g/mol. The van der Waals surface area contributed by atoms with Crippen molar-refractivity contribution >= 4 is 75.5 Å². The van der Waals surface area contributed by atoms with Gasteiger partial charge in [0.05, 0.1) is 30.5 Å². The van der Waals surface area contributed by atoms with E-state index in [1.165, 1.54) is 22.3 Å². The third kappa shape index (κ3) is 18.1. The van der Waals surface area contributed by atoms with Crippen LogP contribution >= 0.6 is 34.8 Å². The zero-order valence-corrected chi connectivity index (χ0v) is 36.7. The van der Waals surface area contributed by atoms with Gasteiger partial charge in [-0.2, -0.15) is 4.99 Å². The third-order valence-electron chi connectivity index (χ3n) is 7.83. The molecule has 17 nitrogen and oxygen atoms in total. The third-order valence-corrected chi connectivity index (χ3v) is 9.12. The van der Waals surface area contributed by atoms with Crippen molar-refractivity contribution in [3.63, 3.8) is 0 Å². The second-order valence-electron chi connectivity index (χ2n) is 12.1. The summed E-state index contributed by atoms with van der Waals surface area (Å²) in [6.07, 6.45) is -1.21. The lowest BCUT2D eigenvalue weighted by Crippen LogP contribution is -3.05. The fraction of sp³-hybridized carbons (Fsp3) is 0.314. The van der Waals surface area contributed by atoms with Crippen LogP contribution in [0.15, 0.2) is 77.8 Å². The number of phenolic OH excluding ortho intramolecular Hbond substituents is 1. The molecule has 0 saturated carbocycles. The summed E-state index contributed by atoms with van der Waals surface area (Å²) < 4.78 is 4.08. The Balaban J connectivity index is 0.00000784. The fourth-order valence-electron chi connectivity index (χ4n) is 5.41. The molecule has 0 aliphatic heterocycles. The van der Waals surface area contributed by atoms with Crippen LogP contribution in [0.2, 0.25) is 0 Å². The number of carboxylic acid groups (broad SMARTS) is 5. The van der Waals surface area contributed by atoms with E-state index < -0.39 is 65.7 Å². The van der Waals surface area contributed by atoms with E-state index >= 15 is 0 Å². The maximum atomic E-state index is 13.0. The van der Waals surface area contributed by atoms with Crippen LogP contribution in [0.1, 0.15) is 11.1 Å². The van der Waals surface area contributed by atoms with Crippen molar-refractivity contribution in [2.75, 3.05) is 45.8 Å². The van der Waals surface area contributed by atoms with Crippen LogP contribution in [-0.4, -0.2) is 136 Å². The molecule has 1 unspecified atom stereocenters. The molecular weight excluding hydrogens is 1100 g/mol. The number of quaternary nitrogens is 1. The predicted molar refractivity (Wildman–Crippen MR) is 203 cm³/mol. The molecule has 0 aliphatic rings. The van der Waals surface area contributed by atoms with E-state index in [4.69, 9.17) is 4.74 Å². The van der Waals surface area contributed by atoms with Gasteiger partial charge >= 0.3 is 29.8 Å². The summed E-state index contributed by atoms with van der Waals surface area (Å²) in [5.74, 6) is -5.54. The summed E-state index contributed by atoms with van der Waals surface area (Å²) in [5.41, 5.74) is 1.79. The lowest BCUT2D eigenvalue weighted by Gasteiger charge is -2.36. The van der Waals surface area contributed by atoms with Gasteiger partial charge in [0.1, 0.15) is 30.3 Å². The maximum Gasteiger partial charge on any atom is 0.376 e. The summed E-state index contributed by atoms with van der Waals surface area (Å²) in [6, 6.07) is 19.4. The predicted octanol–water partition coefficient (Wildman–Crippen LogP) is -3.98. The van der Waals surface area contributed by atoms with Crippen molar-refractivity contribution in [3.05, 3.63) is 83.9 Å². The number of hydrogen-bond donors (Lipinski definition) is 7. The number of ether oxygens (including phenoxy) is 1. The molecule has 3 aromatic carbocycles. The Morgan fingerprint density at radius 1 is 0.732 bits per heavy atom. The van der Waals surface area contributed by atoms with Gasteiger partial charge in [-0.05, 0) is 71.9 Å². The molecule has 21 heteroatoms. The molecule has 0 aliphatic carbocycles. The highest BCUT2D eigenvalue weighted by Crippen LogP contribution is 2.26. The number of aliphatic imine (C=N–C) groups is 1. The first-order valence-electron chi connectivity index (χ1n) is 16.1. The monoisotopic (exact) mass is 1130 g/mol. The Bertz CT molecular complexity index is 1790. The minimum absolute atomic E-state index is 0. The van der Waals surface area contributed by atoms with Crippen molar-refractivity contribution in [1.82, 2.24) is 14.7 Å². The van der Waals surface area contributed by atoms with Crippen LogP contribution in [-0.2, 0) is 36.9 Å². The molecule has 0 spiro atoms. The van der Waals surface area contributed by atoms with Gasteiger partial charge in [-0.25, -0.2) is 9.69 Å². The molecular formula is C35H39I3N5O12S-. The Labute approximate surface area is 374 Å². The number of nitrogens with two attached hydrogens (primary N) is 1. The largest absolute Gasteiger partial charge is 1.00 e. The number of aliphatic carboxylic acids is 5. The molecule has 0 saturated heterocycles. The summed E-state index contributed by atoms with van der Waals surface area (Å²) >= 11 is 6.40. The minimum atomic E-state index is -1.71. The van der Waals surface area contributed by atoms with E-state index in [2.05, 4.69) is 22.4 Å². The molecule has 3 aromatic rings. The number of rotatable bonds is 24. The smallest absolute Gasteiger partial charge is 0.376 e. The number of hydrogen-bond acceptors (Lipinski definition) is 12. The van der Waals surface area contributed by atoms with E-state index in [9.17, 15) is 54.6 Å². The van der Waals surface area contributed by atoms with Crippen LogP contribution in [0, 0.1) is 0 Å². The van der Waals surface area contributed by atoms with Crippen LogP contribution in [0.5, 0.6) is 17.2 Å². The van der Waals surface area contributed by atoms with Gasteiger partial charge in [0.15, 0.2) is 6.17 Å². The second kappa shape index (κ2) is 24.9. The lowest BCUT2D eigenvalue weighted by atomic mass is 10.0. The number of benzene rings is 3. The summed E-state index contributed by atoms with van der Waals surface area (Å²) in [5, 5.41) is 62.0. The van der Waals surface area contributed by atoms with Gasteiger partial charge in [-0.1, -0.05) is 24.3 Å². The molecule has 56 heavy (non-hydrogen) atoms. The number of isothiocyanates is 1. The number of thiocarbonyl (C=S) groups is 1. The normalized spacial score (nSPS) is 12.4. The molecule has 0 heterocycles. The number of alkyl halides is 1. The Kier molecular flexibility index (Phi) is 22.5. The molecule has 0 amide bonds. The van der Waals surface area contributed by atoms with Crippen molar-refractivity contribution < 1.29 is 113 Å². The molecule has 2 atom stereocenters. The number of carbonyl (C=O) groups is 5. The molecule has 0 radical (unpaired) electrons. The highest BCUT2D eigenvalue weighted by molar-refractivity contribution is 14.1. The van der Waals surface area contributed by atoms with Gasteiger partial charge < -0.3 is 88.6 Å². The van der Waals surface area contributed by atoms with Crippen molar-refractivity contribution in [3.8, 4) is 17.2 Å². The molecule has 0 fully saturated rings. The van der Waals surface area contributed by atoms with E-state index in [1.54, 1.807) is 88.2 Å². The topological polar surface area (TPSA) is 255 Å². The number of phenols is 1. The van der Waals surface area contributed by atoms with E-state index in [0.29, 0.717) is 28.3 Å². The standard InChI is InChI=1S/C35H38IN5O12S.2HI/c36-35(34(51)52,15-23-3-9-27(10-4-23)53-28-11-7-26(42)8-12-28)38-29(41(20-32(47)48)21-33(49)50)17-39(13-14-40(18-30(43)44)19-31(45)46)16-24-1-5-25(6-2-24)37-22-54;;/h1-12,29,38,42H,13-21H2,(H,43,44)(H,45,46)(H,47,48)(H,49,50)(H,51,52);2*1H/p-1/t29?,35-;;/m0../s1. The van der Waals surface area contributed by atoms with Gasteiger partial charge in [0.2, 0.25) is 3.55 Å². The molecule has 0 aromatic heterocycles. The Hall–Kier alpha value is -3.56. The van der Waals surface area contributed by atoms with Crippen LogP contribution in [0.4, 0.5) is 5.69 Å². The van der Waals surface area contributed by atoms with Crippen molar-refractivity contribution in [1.29, 1.82) is 0 Å². The summed E-state index contributed by atoms with van der Waals surface area (Å²) in [7, 11) is 0. The lowest BCUT2D eigenvalue weighted by molar-refractivity contribution is -0.734. The second-order valence-corrected chi connectivity index (χ2v) is 14.2. The number of aromatic hydroxyl groups is 1. The average Bonchev–Trinajstić information content (AvgIpc) is 3.08. The van der Waals surface area contributed by atoms with Gasteiger partial charge in [0, 0.05) is 48.6 Å². The maximum absolute atomic E-state index is 13.0. The highest BCUT2D eigenvalue weighted by atomic mass is 127. The first-order chi connectivity index (χ1) is 25.5. The number of nitrogens with zero attached hydrogens (tertiary/aromatic N) is 4. The van der Waals surface area contributed by atoms with E-state index in [1.807, 2.05) is 0 Å². The first kappa shape index (κ1) is 50.5. The summed E-state index contributed by atoms with van der Waals surface area (Å²) in [4.78, 5) is 67.9. The van der Waals surface area contributed by atoms with Gasteiger partial charge in [-0.3, -0.25) is 29.0 Å². The van der Waals surface area contributed by atoms with Gasteiger partial charge in [0.25, 0.3) is 0 Å². The number of halogens is 3. The van der Waals surface area contributed by atoms with Crippen molar-refractivity contribution in [2.24, 2.45) is 4.99 Å². The fourth-order valence-corrected chi connectivity index (χ4v) is 6.37. The zero-order valence-electron chi connectivity index (χ0n) is 29.4. The quantitative estimate of drug-likeness (QED) is 0.0113. The van der Waals surface area contributed by atoms with Crippen LogP contribution in [0.25, 0.3) is 0 Å². The Morgan fingerprint density at radius 2 is 1.20 bits per heavy atom. The Morgan fingerprint density at radius 3 is 1.66 bits per heavy atom. The molecule has 304 valence electrons. The van der Waals surface area contributed by atoms with Crippen molar-refractivity contribution in [2.45, 2.75) is 22.7 Å². The SMILES string of the molecule is O=C(O)CN(CCN(Cc1ccc(N=C=S)cc1)CC([NH2+][C@@](I)(Cc1ccc(Oc2ccc(O)cc2)cc1)C(=O)O)N(CC(=O)O)CC(=O)O)CC(=O)O.[I-].[I-]. The molecule has 8 N–H and O–H groups in total. The van der Waals surface area contributed by atoms with Gasteiger partial charge in [-0.15, -0.1) is 0 Å². The van der Waals surface area contributed by atoms with E-state index in [0.717, 1.165) is 4.90 Å². The molecule has 3 rings (SSSR count). The highest BCUT2D eigenvalue weighted by Gasteiger charge is 2.44.